The van der Waals surface area contributed by atoms with E-state index in [0.29, 0.717) is 23.3 Å². The van der Waals surface area contributed by atoms with Crippen molar-refractivity contribution in [2.45, 2.75) is 6.54 Å². The summed E-state index contributed by atoms with van der Waals surface area (Å²) in [7, 11) is 0. The quantitative estimate of drug-likeness (QED) is 0.276. The van der Waals surface area contributed by atoms with Crippen LogP contribution in [-0.2, 0) is 6.54 Å². The normalized spacial score (nSPS) is 11.9. The largest absolute Gasteiger partial charge is 0.507 e. The van der Waals surface area contributed by atoms with Gasteiger partial charge in [-0.05, 0) is 23.8 Å². The molecule has 0 bridgehead atoms. The molecule has 0 aliphatic carbocycles. The second-order valence-electron chi connectivity index (χ2n) is 6.89. The van der Waals surface area contributed by atoms with Crippen LogP contribution < -0.4 is 5.84 Å². The number of nitrogens with two attached hydrogens (primary N) is 1. The number of phenolic OH excluding ortho intramolecular Hbond substituents is 1. The highest BCUT2D eigenvalue weighted by Gasteiger charge is 2.19. The van der Waals surface area contributed by atoms with Crippen LogP contribution in [0.1, 0.15) is 17.0 Å². The molecule has 7 nitrogen and oxygen atoms in total. The lowest BCUT2D eigenvalue weighted by Crippen LogP contribution is -2.13. The molecule has 30 heavy (non-hydrogen) atoms. The minimum Gasteiger partial charge on any atom is -0.507 e. The van der Waals surface area contributed by atoms with E-state index in [1.54, 1.807) is 24.3 Å². The molecule has 2 aromatic heterocycles. The third-order valence-corrected chi connectivity index (χ3v) is 5.06. The van der Waals surface area contributed by atoms with Gasteiger partial charge in [0.15, 0.2) is 5.65 Å². The van der Waals surface area contributed by atoms with E-state index in [4.69, 9.17) is 10.8 Å². The van der Waals surface area contributed by atoms with Gasteiger partial charge in [-0.15, -0.1) is 10.2 Å². The maximum absolute atomic E-state index is 10.2. The molecule has 146 valence electrons. The number of para-hydroxylation sites is 2. The minimum atomic E-state index is 0.0511. The molecule has 3 N–H and O–H groups in total. The molecule has 0 fully saturated rings. The predicted octanol–water partition coefficient (Wildman–Crippen LogP) is 3.44. The van der Waals surface area contributed by atoms with Gasteiger partial charge < -0.3 is 15.5 Å². The van der Waals surface area contributed by atoms with Crippen molar-refractivity contribution < 1.29 is 5.11 Å². The van der Waals surface area contributed by atoms with Crippen molar-refractivity contribution in [2.24, 2.45) is 10.9 Å². The van der Waals surface area contributed by atoms with Crippen molar-refractivity contribution in [3.63, 3.8) is 0 Å². The average Bonchev–Trinajstić information content (AvgIpc) is 3.10. The molecule has 0 saturated carbocycles. The molecule has 5 aromatic rings. The van der Waals surface area contributed by atoms with Crippen molar-refractivity contribution in [3.05, 3.63) is 95.8 Å². The van der Waals surface area contributed by atoms with E-state index in [1.165, 1.54) is 0 Å². The molecule has 3 aromatic carbocycles. The molecule has 0 atom stereocenters. The monoisotopic (exact) mass is 394 g/mol. The standard InChI is InChI=1S/C23H18N6O/c24-26-20(17-11-5-7-13-19(17)30)22-25-23-21(27-28-22)16-10-4-6-12-18(16)29(23)14-15-8-2-1-3-9-15/h1-13,30H,14,24H2/b26-20+. The van der Waals surface area contributed by atoms with Gasteiger partial charge in [-0.25, -0.2) is 4.98 Å². The number of phenols is 1. The summed E-state index contributed by atoms with van der Waals surface area (Å²) in [6.07, 6.45) is 0. The van der Waals surface area contributed by atoms with Gasteiger partial charge in [0.05, 0.1) is 5.52 Å². The maximum atomic E-state index is 10.2. The molecule has 0 radical (unpaired) electrons. The summed E-state index contributed by atoms with van der Waals surface area (Å²) in [5.41, 5.74) is 4.28. The van der Waals surface area contributed by atoms with E-state index in [-0.39, 0.29) is 17.3 Å². The van der Waals surface area contributed by atoms with Crippen LogP contribution in [-0.4, -0.2) is 30.6 Å². The molecule has 2 heterocycles. The zero-order chi connectivity index (χ0) is 20.5. The summed E-state index contributed by atoms with van der Waals surface area (Å²) in [5.74, 6) is 5.95. The minimum absolute atomic E-state index is 0.0511. The number of fused-ring (bicyclic) bond motifs is 3. The van der Waals surface area contributed by atoms with Crippen molar-refractivity contribution in [2.75, 3.05) is 0 Å². The highest BCUT2D eigenvalue weighted by molar-refractivity contribution is 6.13. The van der Waals surface area contributed by atoms with Gasteiger partial charge in [-0.2, -0.15) is 5.10 Å². The van der Waals surface area contributed by atoms with E-state index >= 15 is 0 Å². The Hall–Kier alpha value is -4.26. The number of hydrogen-bond donors (Lipinski definition) is 2. The van der Waals surface area contributed by atoms with Crippen molar-refractivity contribution in [1.29, 1.82) is 0 Å². The van der Waals surface area contributed by atoms with E-state index in [9.17, 15) is 5.11 Å². The molecular weight excluding hydrogens is 376 g/mol. The predicted molar refractivity (Wildman–Crippen MR) is 116 cm³/mol. The van der Waals surface area contributed by atoms with Gasteiger partial charge >= 0.3 is 0 Å². The van der Waals surface area contributed by atoms with Crippen LogP contribution in [0.4, 0.5) is 0 Å². The Bertz CT molecular complexity index is 1390. The number of benzene rings is 3. The first-order valence-electron chi connectivity index (χ1n) is 9.48. The van der Waals surface area contributed by atoms with Crippen LogP contribution in [0.25, 0.3) is 22.1 Å². The number of nitrogens with zero attached hydrogens (tertiary/aromatic N) is 5. The highest BCUT2D eigenvalue weighted by atomic mass is 16.3. The number of rotatable bonds is 4. The summed E-state index contributed by atoms with van der Waals surface area (Å²) in [6.45, 7) is 0.634. The van der Waals surface area contributed by atoms with Crippen LogP contribution >= 0.6 is 0 Å². The molecular formula is C23H18N6O. The zero-order valence-corrected chi connectivity index (χ0v) is 16.0. The lowest BCUT2D eigenvalue weighted by atomic mass is 10.1. The Morgan fingerprint density at radius 1 is 0.900 bits per heavy atom. The summed E-state index contributed by atoms with van der Waals surface area (Å²) in [4.78, 5) is 4.76. The SMILES string of the molecule is N/N=C(/c1nnc2c3ccccc3n(Cc3ccccc3)c2n1)c1ccccc1O. The van der Waals surface area contributed by atoms with Crippen LogP contribution in [0.15, 0.2) is 84.0 Å². The van der Waals surface area contributed by atoms with E-state index < -0.39 is 0 Å². The Morgan fingerprint density at radius 2 is 1.63 bits per heavy atom. The zero-order valence-electron chi connectivity index (χ0n) is 16.0. The Kier molecular flexibility index (Phi) is 4.33. The first kappa shape index (κ1) is 17.8. The molecule has 0 aliphatic rings. The second kappa shape index (κ2) is 7.29. The van der Waals surface area contributed by atoms with Crippen LogP contribution in [0.2, 0.25) is 0 Å². The molecule has 7 heteroatoms. The third kappa shape index (κ3) is 2.93. The van der Waals surface area contributed by atoms with E-state index in [1.807, 2.05) is 42.5 Å². The summed E-state index contributed by atoms with van der Waals surface area (Å²) in [5, 5.41) is 23.8. The van der Waals surface area contributed by atoms with Gasteiger partial charge in [-0.1, -0.05) is 60.7 Å². The molecule has 0 spiro atoms. The number of aromatic nitrogens is 4. The fourth-order valence-electron chi connectivity index (χ4n) is 3.65. The molecule has 5 rings (SSSR count). The molecule has 0 saturated heterocycles. The van der Waals surface area contributed by atoms with Crippen LogP contribution in [0.5, 0.6) is 5.75 Å². The maximum Gasteiger partial charge on any atom is 0.204 e. The van der Waals surface area contributed by atoms with Gasteiger partial charge in [0, 0.05) is 17.5 Å². The number of hydrazone groups is 1. The summed E-state index contributed by atoms with van der Waals surface area (Å²) >= 11 is 0. The van der Waals surface area contributed by atoms with Gasteiger partial charge in [0.25, 0.3) is 0 Å². The lowest BCUT2D eigenvalue weighted by molar-refractivity contribution is 0.474. The third-order valence-electron chi connectivity index (χ3n) is 5.06. The van der Waals surface area contributed by atoms with Gasteiger partial charge in [0.2, 0.25) is 5.82 Å². The fraction of sp³-hybridized carbons (Fsp3) is 0.0435. The number of hydrogen-bond acceptors (Lipinski definition) is 6. The topological polar surface area (TPSA) is 102 Å². The smallest absolute Gasteiger partial charge is 0.204 e. The van der Waals surface area contributed by atoms with Crippen LogP contribution in [0, 0.1) is 0 Å². The van der Waals surface area contributed by atoms with E-state index in [0.717, 1.165) is 16.5 Å². The Morgan fingerprint density at radius 3 is 2.43 bits per heavy atom. The molecule has 0 amide bonds. The van der Waals surface area contributed by atoms with Gasteiger partial charge in [-0.3, -0.25) is 0 Å². The van der Waals surface area contributed by atoms with Crippen LogP contribution in [0.3, 0.4) is 0 Å². The summed E-state index contributed by atoms with van der Waals surface area (Å²) in [6, 6.07) is 25.0. The lowest BCUT2D eigenvalue weighted by Gasteiger charge is -2.08. The molecule has 0 aliphatic heterocycles. The summed E-state index contributed by atoms with van der Waals surface area (Å²) < 4.78 is 2.11. The van der Waals surface area contributed by atoms with Gasteiger partial charge in [0.1, 0.15) is 17.0 Å². The highest BCUT2D eigenvalue weighted by Crippen LogP contribution is 2.27. The average molecular weight is 394 g/mol. The Balaban J connectivity index is 1.73. The first-order valence-corrected chi connectivity index (χ1v) is 9.48. The molecule has 0 unspecified atom stereocenters. The second-order valence-corrected chi connectivity index (χ2v) is 6.89. The van der Waals surface area contributed by atoms with Crippen molar-refractivity contribution in [3.8, 4) is 5.75 Å². The Labute approximate surface area is 172 Å². The van der Waals surface area contributed by atoms with Crippen molar-refractivity contribution in [1.82, 2.24) is 19.7 Å². The van der Waals surface area contributed by atoms with Crippen molar-refractivity contribution >= 4 is 27.8 Å². The van der Waals surface area contributed by atoms with E-state index in [2.05, 4.69) is 32.0 Å². The fourth-order valence-corrected chi connectivity index (χ4v) is 3.65. The first-order chi connectivity index (χ1) is 14.8. The number of aromatic hydroxyl groups is 1.